The minimum absolute atomic E-state index is 0.0562. The number of hydrogen-bond acceptors (Lipinski definition) is 6. The average molecular weight is 374 g/mol. The molecule has 3 aromatic rings. The summed E-state index contributed by atoms with van der Waals surface area (Å²) < 4.78 is 39.2. The molecule has 1 heterocycles. The van der Waals surface area contributed by atoms with E-state index in [2.05, 4.69) is 15.4 Å². The standard InChI is InChI=1S/C17H13F3N6O/c18-17(19,20)11-7-4-8-12(9-11)23-16-24-13(21)14(22)26(25-16)15(27)10-5-2-1-3-6-10/h1-9,22H,(H3,21,23,24,25). The summed E-state index contributed by atoms with van der Waals surface area (Å²) in [5.41, 5.74) is 4.69. The number of nitrogens with two attached hydrogens (primary N) is 1. The van der Waals surface area contributed by atoms with E-state index < -0.39 is 23.1 Å². The van der Waals surface area contributed by atoms with Gasteiger partial charge < -0.3 is 11.1 Å². The largest absolute Gasteiger partial charge is 0.416 e. The number of aromatic nitrogens is 3. The van der Waals surface area contributed by atoms with E-state index in [1.807, 2.05) is 0 Å². The molecule has 0 aliphatic rings. The van der Waals surface area contributed by atoms with Gasteiger partial charge in [0.15, 0.2) is 11.3 Å². The van der Waals surface area contributed by atoms with Crippen LogP contribution in [-0.2, 0) is 6.18 Å². The summed E-state index contributed by atoms with van der Waals surface area (Å²) in [4.78, 5) is 16.3. The van der Waals surface area contributed by atoms with Gasteiger partial charge in [-0.1, -0.05) is 24.3 Å². The van der Waals surface area contributed by atoms with Crippen molar-refractivity contribution in [2.24, 2.45) is 0 Å². The van der Waals surface area contributed by atoms with Crippen LogP contribution in [0.15, 0.2) is 54.6 Å². The first-order valence-electron chi connectivity index (χ1n) is 7.61. The second-order valence-electron chi connectivity index (χ2n) is 5.46. The van der Waals surface area contributed by atoms with Crippen molar-refractivity contribution in [2.45, 2.75) is 6.18 Å². The van der Waals surface area contributed by atoms with Crippen LogP contribution in [0.3, 0.4) is 0 Å². The summed E-state index contributed by atoms with van der Waals surface area (Å²) >= 11 is 0. The fourth-order valence-electron chi connectivity index (χ4n) is 2.25. The summed E-state index contributed by atoms with van der Waals surface area (Å²) in [5, 5.41) is 14.3. The van der Waals surface area contributed by atoms with Gasteiger partial charge in [0, 0.05) is 11.3 Å². The smallest absolute Gasteiger partial charge is 0.380 e. The van der Waals surface area contributed by atoms with Gasteiger partial charge in [-0.15, -0.1) is 5.10 Å². The maximum Gasteiger partial charge on any atom is 0.416 e. The quantitative estimate of drug-likeness (QED) is 0.653. The highest BCUT2D eigenvalue weighted by atomic mass is 19.4. The zero-order valence-electron chi connectivity index (χ0n) is 13.7. The first-order valence-corrected chi connectivity index (χ1v) is 7.61. The lowest BCUT2D eigenvalue weighted by Crippen LogP contribution is -2.33. The summed E-state index contributed by atoms with van der Waals surface area (Å²) in [6.07, 6.45) is -4.51. The Morgan fingerprint density at radius 3 is 2.48 bits per heavy atom. The van der Waals surface area contributed by atoms with Crippen molar-refractivity contribution < 1.29 is 18.0 Å². The predicted molar refractivity (Wildman–Crippen MR) is 91.2 cm³/mol. The summed E-state index contributed by atoms with van der Waals surface area (Å²) in [7, 11) is 0. The Bertz CT molecular complexity index is 1050. The number of nitrogens with zero attached hydrogens (tertiary/aromatic N) is 3. The molecular formula is C17H13F3N6O. The van der Waals surface area contributed by atoms with E-state index in [0.29, 0.717) is 0 Å². The Labute approximate surface area is 150 Å². The molecule has 0 radical (unpaired) electrons. The van der Waals surface area contributed by atoms with Crippen LogP contribution < -0.4 is 16.5 Å². The number of nitrogen functional groups attached to an aromatic ring is 1. The van der Waals surface area contributed by atoms with E-state index in [-0.39, 0.29) is 23.0 Å². The highest BCUT2D eigenvalue weighted by Gasteiger charge is 2.30. The number of halogens is 3. The normalized spacial score (nSPS) is 11.2. The van der Waals surface area contributed by atoms with Gasteiger partial charge in [0.05, 0.1) is 5.56 Å². The van der Waals surface area contributed by atoms with Crippen LogP contribution in [0, 0.1) is 5.41 Å². The molecule has 4 N–H and O–H groups in total. The van der Waals surface area contributed by atoms with E-state index >= 15 is 0 Å². The number of hydrogen-bond donors (Lipinski definition) is 3. The van der Waals surface area contributed by atoms with Crippen LogP contribution in [0.1, 0.15) is 15.9 Å². The van der Waals surface area contributed by atoms with Gasteiger partial charge in [0.25, 0.3) is 5.91 Å². The van der Waals surface area contributed by atoms with Crippen LogP contribution in [0.4, 0.5) is 30.6 Å². The molecule has 0 spiro atoms. The lowest BCUT2D eigenvalue weighted by atomic mass is 10.2. The molecule has 7 nitrogen and oxygen atoms in total. The molecule has 0 saturated carbocycles. The first-order chi connectivity index (χ1) is 12.8. The third-order valence-corrected chi connectivity index (χ3v) is 3.53. The fraction of sp³-hybridized carbons (Fsp3) is 0.0588. The van der Waals surface area contributed by atoms with E-state index in [0.717, 1.165) is 16.8 Å². The SMILES string of the molecule is N=c1c(N)nc(Nc2cccc(C(F)(F)F)c2)nn1C(=O)c1ccccc1. The second kappa shape index (κ2) is 6.90. The van der Waals surface area contributed by atoms with Gasteiger partial charge in [-0.25, -0.2) is 0 Å². The molecule has 2 aromatic carbocycles. The van der Waals surface area contributed by atoms with Gasteiger partial charge in [-0.3, -0.25) is 10.2 Å². The van der Waals surface area contributed by atoms with Crippen molar-refractivity contribution in [3.05, 3.63) is 71.2 Å². The van der Waals surface area contributed by atoms with Crippen LogP contribution in [-0.4, -0.2) is 20.7 Å². The van der Waals surface area contributed by atoms with Crippen LogP contribution in [0.5, 0.6) is 0 Å². The molecule has 1 aromatic heterocycles. The van der Waals surface area contributed by atoms with Crippen molar-refractivity contribution in [3.8, 4) is 0 Å². The van der Waals surface area contributed by atoms with Gasteiger partial charge in [-0.2, -0.15) is 22.8 Å². The van der Waals surface area contributed by atoms with Crippen molar-refractivity contribution >= 4 is 23.4 Å². The maximum absolute atomic E-state index is 12.8. The number of carbonyl (C=O) groups is 1. The molecule has 0 saturated heterocycles. The molecule has 0 unspecified atom stereocenters. The third kappa shape index (κ3) is 3.94. The van der Waals surface area contributed by atoms with E-state index in [1.54, 1.807) is 18.2 Å². The number of carbonyl (C=O) groups excluding carboxylic acids is 1. The van der Waals surface area contributed by atoms with E-state index in [1.165, 1.54) is 24.3 Å². The second-order valence-corrected chi connectivity index (χ2v) is 5.46. The maximum atomic E-state index is 12.8. The monoisotopic (exact) mass is 374 g/mol. The Kier molecular flexibility index (Phi) is 4.63. The predicted octanol–water partition coefficient (Wildman–Crippen LogP) is 2.79. The zero-order chi connectivity index (χ0) is 19.6. The number of alkyl halides is 3. The Morgan fingerprint density at radius 2 is 1.81 bits per heavy atom. The molecule has 27 heavy (non-hydrogen) atoms. The fourth-order valence-corrected chi connectivity index (χ4v) is 2.25. The average Bonchev–Trinajstić information content (AvgIpc) is 2.64. The molecular weight excluding hydrogens is 361 g/mol. The Balaban J connectivity index is 1.98. The van der Waals surface area contributed by atoms with Crippen molar-refractivity contribution in [2.75, 3.05) is 11.1 Å². The van der Waals surface area contributed by atoms with E-state index in [4.69, 9.17) is 11.1 Å². The topological polar surface area (TPSA) is 110 Å². The summed E-state index contributed by atoms with van der Waals surface area (Å²) in [5.74, 6) is -1.14. The van der Waals surface area contributed by atoms with Gasteiger partial charge >= 0.3 is 6.18 Å². The highest BCUT2D eigenvalue weighted by Crippen LogP contribution is 2.31. The molecule has 0 aliphatic carbocycles. The highest BCUT2D eigenvalue weighted by molar-refractivity contribution is 5.95. The van der Waals surface area contributed by atoms with Crippen LogP contribution in [0.2, 0.25) is 0 Å². The van der Waals surface area contributed by atoms with Crippen molar-refractivity contribution in [1.29, 1.82) is 5.41 Å². The van der Waals surface area contributed by atoms with Gasteiger partial charge in [0.2, 0.25) is 5.95 Å². The lowest BCUT2D eigenvalue weighted by Gasteiger charge is -2.11. The number of rotatable bonds is 3. The molecule has 138 valence electrons. The molecule has 0 amide bonds. The number of nitrogens with one attached hydrogen (secondary N) is 2. The van der Waals surface area contributed by atoms with Crippen molar-refractivity contribution in [3.63, 3.8) is 0 Å². The summed E-state index contributed by atoms with van der Waals surface area (Å²) in [6.45, 7) is 0. The molecule has 0 atom stereocenters. The summed E-state index contributed by atoms with van der Waals surface area (Å²) in [6, 6.07) is 12.5. The first kappa shape index (κ1) is 18.1. The third-order valence-electron chi connectivity index (χ3n) is 3.53. The lowest BCUT2D eigenvalue weighted by molar-refractivity contribution is -0.137. The molecule has 0 bridgehead atoms. The van der Waals surface area contributed by atoms with Crippen LogP contribution in [0.25, 0.3) is 0 Å². The van der Waals surface area contributed by atoms with Crippen LogP contribution >= 0.6 is 0 Å². The van der Waals surface area contributed by atoms with E-state index in [9.17, 15) is 18.0 Å². The minimum atomic E-state index is -4.51. The Hall–Kier alpha value is -3.69. The molecule has 0 fully saturated rings. The molecule has 10 heteroatoms. The Morgan fingerprint density at radius 1 is 1.11 bits per heavy atom. The number of benzene rings is 2. The minimum Gasteiger partial charge on any atom is -0.380 e. The van der Waals surface area contributed by atoms with Crippen molar-refractivity contribution in [1.82, 2.24) is 14.8 Å². The molecule has 0 aliphatic heterocycles. The van der Waals surface area contributed by atoms with Gasteiger partial charge in [0.1, 0.15) is 0 Å². The van der Waals surface area contributed by atoms with Gasteiger partial charge in [-0.05, 0) is 30.3 Å². The number of anilines is 3. The molecule has 3 rings (SSSR count). The zero-order valence-corrected chi connectivity index (χ0v) is 13.7.